The van der Waals surface area contributed by atoms with Crippen molar-refractivity contribution < 1.29 is 9.47 Å². The number of benzene rings is 1. The number of hydrogen-bond acceptors (Lipinski definition) is 2. The normalized spacial score (nSPS) is 16.0. The molecule has 1 saturated carbocycles. The molecule has 1 aromatic rings. The maximum atomic E-state index is 6.13. The van der Waals surface area contributed by atoms with Crippen LogP contribution in [0.5, 0.6) is 11.5 Å². The van der Waals surface area contributed by atoms with Gasteiger partial charge in [0.2, 0.25) is 0 Å². The van der Waals surface area contributed by atoms with E-state index in [1.165, 1.54) is 0 Å². The Balaban J connectivity index is 2.24. The lowest BCUT2D eigenvalue weighted by Gasteiger charge is -2.23. The zero-order valence-corrected chi connectivity index (χ0v) is 10.7. The molecule has 0 bridgehead atoms. The van der Waals surface area contributed by atoms with Crippen molar-refractivity contribution >= 4 is 11.6 Å². The Morgan fingerprint density at radius 2 is 1.94 bits per heavy atom. The summed E-state index contributed by atoms with van der Waals surface area (Å²) in [5.74, 6) is 1.41. The fourth-order valence-corrected chi connectivity index (χ4v) is 1.58. The highest BCUT2D eigenvalue weighted by atomic mass is 35.5. The summed E-state index contributed by atoms with van der Waals surface area (Å²) in [6, 6.07) is 5.60. The molecule has 0 saturated heterocycles. The van der Waals surface area contributed by atoms with Gasteiger partial charge in [0.15, 0.2) is 11.5 Å². The molecule has 1 aliphatic carbocycles. The largest absolute Gasteiger partial charge is 0.485 e. The van der Waals surface area contributed by atoms with Crippen LogP contribution in [0.15, 0.2) is 18.2 Å². The van der Waals surface area contributed by atoms with Crippen molar-refractivity contribution in [1.82, 2.24) is 0 Å². The van der Waals surface area contributed by atoms with Crippen LogP contribution < -0.4 is 9.47 Å². The smallest absolute Gasteiger partial charge is 0.180 e. The topological polar surface area (TPSA) is 18.5 Å². The fourth-order valence-electron chi connectivity index (χ4n) is 1.37. The predicted octanol–water partition coefficient (Wildman–Crippen LogP) is 4.06. The van der Waals surface area contributed by atoms with Crippen molar-refractivity contribution in [1.29, 1.82) is 0 Å². The van der Waals surface area contributed by atoms with E-state index in [2.05, 4.69) is 0 Å². The molecule has 0 spiro atoms. The Labute approximate surface area is 102 Å². The first-order chi connectivity index (χ1) is 7.46. The molecule has 2 rings (SSSR count). The van der Waals surface area contributed by atoms with E-state index in [9.17, 15) is 0 Å². The molecular weight excluding hydrogens is 224 g/mol. The number of ether oxygens (including phenoxy) is 2. The lowest BCUT2D eigenvalue weighted by Crippen LogP contribution is -2.23. The molecule has 0 unspecified atom stereocenters. The summed E-state index contributed by atoms with van der Waals surface area (Å²) in [7, 11) is 0. The molecule has 0 N–H and O–H groups in total. The predicted molar refractivity (Wildman–Crippen MR) is 65.5 cm³/mol. The molecule has 0 aromatic heterocycles. The maximum absolute atomic E-state index is 6.13. The highest BCUT2D eigenvalue weighted by molar-refractivity contribution is 6.32. The van der Waals surface area contributed by atoms with Crippen LogP contribution in [-0.4, -0.2) is 11.7 Å². The molecule has 0 heterocycles. The molecule has 1 aliphatic rings. The number of rotatable bonds is 3. The lowest BCUT2D eigenvalue weighted by molar-refractivity contribution is 0.122. The number of halogens is 1. The van der Waals surface area contributed by atoms with Crippen molar-refractivity contribution in [3.63, 3.8) is 0 Å². The second-order valence-electron chi connectivity index (χ2n) is 5.10. The molecular formula is C13H17ClO2. The van der Waals surface area contributed by atoms with Gasteiger partial charge in [0.1, 0.15) is 5.60 Å². The van der Waals surface area contributed by atoms with Gasteiger partial charge < -0.3 is 9.47 Å². The van der Waals surface area contributed by atoms with Crippen LogP contribution in [0.1, 0.15) is 33.6 Å². The van der Waals surface area contributed by atoms with Crippen molar-refractivity contribution in [2.45, 2.75) is 45.3 Å². The minimum absolute atomic E-state index is 0.244. The molecule has 88 valence electrons. The summed E-state index contributed by atoms with van der Waals surface area (Å²) in [6.07, 6.45) is 2.54. The van der Waals surface area contributed by atoms with E-state index in [0.29, 0.717) is 16.9 Å². The summed E-state index contributed by atoms with van der Waals surface area (Å²) in [4.78, 5) is 0. The first kappa shape index (κ1) is 11.6. The Bertz CT molecular complexity index is 378. The summed E-state index contributed by atoms with van der Waals surface area (Å²) in [5.41, 5.74) is -0.244. The lowest BCUT2D eigenvalue weighted by atomic mass is 10.2. The SMILES string of the molecule is CC(C)(C)Oc1cccc(Cl)c1OC1CC1. The molecule has 0 amide bonds. The Morgan fingerprint density at radius 1 is 1.25 bits per heavy atom. The quantitative estimate of drug-likeness (QED) is 0.793. The highest BCUT2D eigenvalue weighted by Crippen LogP contribution is 2.40. The first-order valence-corrected chi connectivity index (χ1v) is 5.98. The van der Waals surface area contributed by atoms with Crippen molar-refractivity contribution in [3.05, 3.63) is 23.2 Å². The van der Waals surface area contributed by atoms with Crippen LogP contribution in [-0.2, 0) is 0 Å². The van der Waals surface area contributed by atoms with Crippen LogP contribution in [0.4, 0.5) is 0 Å². The summed E-state index contributed by atoms with van der Waals surface area (Å²) in [6.45, 7) is 6.03. The van der Waals surface area contributed by atoms with Crippen molar-refractivity contribution in [3.8, 4) is 11.5 Å². The van der Waals surface area contributed by atoms with Gasteiger partial charge >= 0.3 is 0 Å². The average Bonchev–Trinajstić information content (AvgIpc) is 2.92. The van der Waals surface area contributed by atoms with Gasteiger partial charge in [-0.15, -0.1) is 0 Å². The molecule has 1 fully saturated rings. The zero-order valence-electron chi connectivity index (χ0n) is 9.92. The third-order valence-electron chi connectivity index (χ3n) is 2.16. The van der Waals surface area contributed by atoms with E-state index >= 15 is 0 Å². The molecule has 16 heavy (non-hydrogen) atoms. The van der Waals surface area contributed by atoms with Crippen LogP contribution in [0.2, 0.25) is 5.02 Å². The van der Waals surface area contributed by atoms with Gasteiger partial charge in [-0.05, 0) is 45.7 Å². The minimum Gasteiger partial charge on any atom is -0.485 e. The second kappa shape index (κ2) is 4.17. The van der Waals surface area contributed by atoms with Gasteiger partial charge in [0.25, 0.3) is 0 Å². The Hall–Kier alpha value is -0.890. The van der Waals surface area contributed by atoms with E-state index in [1.807, 2.05) is 39.0 Å². The fraction of sp³-hybridized carbons (Fsp3) is 0.538. The van der Waals surface area contributed by atoms with Gasteiger partial charge in [-0.1, -0.05) is 17.7 Å². The van der Waals surface area contributed by atoms with Crippen LogP contribution in [0, 0.1) is 0 Å². The molecule has 3 heteroatoms. The third-order valence-corrected chi connectivity index (χ3v) is 2.45. The highest BCUT2D eigenvalue weighted by Gasteiger charge is 2.27. The second-order valence-corrected chi connectivity index (χ2v) is 5.51. The van der Waals surface area contributed by atoms with Gasteiger partial charge in [-0.3, -0.25) is 0 Å². The number of para-hydroxylation sites is 1. The van der Waals surface area contributed by atoms with Crippen LogP contribution in [0.25, 0.3) is 0 Å². The van der Waals surface area contributed by atoms with Gasteiger partial charge in [-0.25, -0.2) is 0 Å². The monoisotopic (exact) mass is 240 g/mol. The van der Waals surface area contributed by atoms with Crippen molar-refractivity contribution in [2.24, 2.45) is 0 Å². The molecule has 2 nitrogen and oxygen atoms in total. The molecule has 0 atom stereocenters. The van der Waals surface area contributed by atoms with Gasteiger partial charge in [0.05, 0.1) is 11.1 Å². The van der Waals surface area contributed by atoms with E-state index in [1.54, 1.807) is 0 Å². The van der Waals surface area contributed by atoms with Crippen molar-refractivity contribution in [2.75, 3.05) is 0 Å². The Kier molecular flexibility index (Phi) is 3.02. The zero-order chi connectivity index (χ0) is 11.8. The van der Waals surface area contributed by atoms with E-state index in [0.717, 1.165) is 18.6 Å². The molecule has 1 aromatic carbocycles. The molecule has 0 radical (unpaired) electrons. The number of hydrogen-bond donors (Lipinski definition) is 0. The minimum atomic E-state index is -0.244. The standard InChI is InChI=1S/C13H17ClO2/c1-13(2,3)16-11-6-4-5-10(14)12(11)15-9-7-8-9/h4-6,9H,7-8H2,1-3H3. The molecule has 0 aliphatic heterocycles. The summed E-state index contributed by atoms with van der Waals surface area (Å²) < 4.78 is 11.6. The Morgan fingerprint density at radius 3 is 2.50 bits per heavy atom. The van der Waals surface area contributed by atoms with Gasteiger partial charge in [-0.2, -0.15) is 0 Å². The van der Waals surface area contributed by atoms with E-state index in [-0.39, 0.29) is 5.60 Å². The van der Waals surface area contributed by atoms with Crippen LogP contribution >= 0.6 is 11.6 Å². The van der Waals surface area contributed by atoms with E-state index < -0.39 is 0 Å². The maximum Gasteiger partial charge on any atom is 0.180 e. The summed E-state index contributed by atoms with van der Waals surface area (Å²) >= 11 is 6.13. The van der Waals surface area contributed by atoms with E-state index in [4.69, 9.17) is 21.1 Å². The van der Waals surface area contributed by atoms with Gasteiger partial charge in [0, 0.05) is 0 Å². The van der Waals surface area contributed by atoms with Crippen LogP contribution in [0.3, 0.4) is 0 Å². The summed E-state index contributed by atoms with van der Waals surface area (Å²) in [5, 5.41) is 0.619. The average molecular weight is 241 g/mol. The first-order valence-electron chi connectivity index (χ1n) is 5.60. The third kappa shape index (κ3) is 3.05.